The molecule has 1 heterocycles. The number of fused-ring (bicyclic) bond motifs is 1. The Bertz CT molecular complexity index is 821. The highest BCUT2D eigenvalue weighted by Gasteiger charge is 2.12. The van der Waals surface area contributed by atoms with E-state index in [4.69, 9.17) is 19.2 Å². The number of benzene rings is 2. The van der Waals surface area contributed by atoms with Crippen LogP contribution in [-0.4, -0.2) is 39.4 Å². The Kier molecular flexibility index (Phi) is 7.00. The van der Waals surface area contributed by atoms with Crippen LogP contribution in [0.4, 0.5) is 5.69 Å². The van der Waals surface area contributed by atoms with Crippen LogP contribution in [0.3, 0.4) is 0 Å². The average Bonchev–Trinajstić information content (AvgIpc) is 3.17. The molecule has 0 spiro atoms. The van der Waals surface area contributed by atoms with Crippen molar-refractivity contribution in [2.24, 2.45) is 4.99 Å². The normalized spacial score (nSPS) is 12.9. The molecule has 1 aliphatic rings. The maximum absolute atomic E-state index is 5.57. The molecule has 150 valence electrons. The lowest BCUT2D eigenvalue weighted by atomic mass is 10.1. The Morgan fingerprint density at radius 1 is 1.14 bits per heavy atom. The van der Waals surface area contributed by atoms with Gasteiger partial charge in [-0.15, -0.1) is 0 Å². The highest BCUT2D eigenvalue weighted by Crippen LogP contribution is 2.30. The molecule has 0 radical (unpaired) electrons. The van der Waals surface area contributed by atoms with E-state index in [1.807, 2.05) is 25.1 Å². The van der Waals surface area contributed by atoms with E-state index in [0.717, 1.165) is 49.1 Å². The van der Waals surface area contributed by atoms with Gasteiger partial charge in [-0.25, -0.2) is 0 Å². The van der Waals surface area contributed by atoms with Crippen molar-refractivity contribution < 1.29 is 14.2 Å². The number of anilines is 1. The van der Waals surface area contributed by atoms with E-state index in [1.165, 1.54) is 11.1 Å². The number of rotatable bonds is 8. The zero-order valence-electron chi connectivity index (χ0n) is 16.9. The summed E-state index contributed by atoms with van der Waals surface area (Å²) in [5, 5.41) is 6.62. The summed E-state index contributed by atoms with van der Waals surface area (Å²) in [6.07, 6.45) is 1.88. The summed E-state index contributed by atoms with van der Waals surface area (Å²) in [7, 11) is 1.64. The summed E-state index contributed by atoms with van der Waals surface area (Å²) >= 11 is 0. The van der Waals surface area contributed by atoms with Gasteiger partial charge in [0.2, 0.25) is 0 Å². The Morgan fingerprint density at radius 3 is 2.82 bits per heavy atom. The number of hydrogen-bond acceptors (Lipinski definition) is 4. The van der Waals surface area contributed by atoms with Crippen molar-refractivity contribution in [1.29, 1.82) is 0 Å². The van der Waals surface area contributed by atoms with Crippen LogP contribution in [-0.2, 0) is 12.8 Å². The van der Waals surface area contributed by atoms with E-state index >= 15 is 0 Å². The molecule has 6 nitrogen and oxygen atoms in total. The largest absolute Gasteiger partial charge is 0.493 e. The van der Waals surface area contributed by atoms with Crippen molar-refractivity contribution in [3.05, 3.63) is 47.5 Å². The molecule has 0 aromatic heterocycles. The van der Waals surface area contributed by atoms with E-state index in [2.05, 4.69) is 35.8 Å². The van der Waals surface area contributed by atoms with Crippen LogP contribution in [0.15, 0.2) is 41.4 Å². The molecule has 6 heteroatoms. The first-order valence-corrected chi connectivity index (χ1v) is 9.84. The third-order valence-electron chi connectivity index (χ3n) is 4.49. The molecule has 2 aromatic rings. The molecule has 3 rings (SSSR count). The number of nitrogens with zero attached hydrogens (tertiary/aromatic N) is 1. The summed E-state index contributed by atoms with van der Waals surface area (Å²) < 4.78 is 16.6. The minimum Gasteiger partial charge on any atom is -0.493 e. The smallest absolute Gasteiger partial charge is 0.195 e. The van der Waals surface area contributed by atoms with Crippen molar-refractivity contribution >= 4 is 11.6 Å². The van der Waals surface area contributed by atoms with Crippen molar-refractivity contribution in [2.45, 2.75) is 26.7 Å². The van der Waals surface area contributed by atoms with Crippen LogP contribution < -0.4 is 24.8 Å². The lowest BCUT2D eigenvalue weighted by Gasteiger charge is -2.14. The van der Waals surface area contributed by atoms with Gasteiger partial charge < -0.3 is 24.8 Å². The average molecular weight is 383 g/mol. The topological polar surface area (TPSA) is 64.1 Å². The molecule has 28 heavy (non-hydrogen) atoms. The highest BCUT2D eigenvalue weighted by atomic mass is 16.5. The van der Waals surface area contributed by atoms with E-state index in [1.54, 1.807) is 7.11 Å². The minimum atomic E-state index is 0.599. The minimum absolute atomic E-state index is 0.599. The van der Waals surface area contributed by atoms with E-state index in [0.29, 0.717) is 18.9 Å². The molecule has 1 aliphatic heterocycles. The van der Waals surface area contributed by atoms with Crippen LogP contribution in [0.25, 0.3) is 0 Å². The third kappa shape index (κ3) is 5.09. The molecular formula is C22H29N3O3. The molecule has 0 fully saturated rings. The Hall–Kier alpha value is -2.89. The second-order valence-corrected chi connectivity index (χ2v) is 6.47. The van der Waals surface area contributed by atoms with Gasteiger partial charge in [0, 0.05) is 31.3 Å². The van der Waals surface area contributed by atoms with E-state index in [9.17, 15) is 0 Å². The molecular weight excluding hydrogens is 354 g/mol. The fourth-order valence-corrected chi connectivity index (χ4v) is 3.16. The van der Waals surface area contributed by atoms with Gasteiger partial charge in [0.15, 0.2) is 17.5 Å². The standard InChI is InChI=1S/C22H29N3O3/c1-4-23-22(25-18-7-9-20(27-5-2)21(15-18)26-3)24-12-10-16-6-8-19-17(14-16)11-13-28-19/h6-9,14-15H,4-5,10-13H2,1-3H3,(H2,23,24,25). The van der Waals surface area contributed by atoms with E-state index < -0.39 is 0 Å². The summed E-state index contributed by atoms with van der Waals surface area (Å²) in [6, 6.07) is 12.2. The number of nitrogens with one attached hydrogen (secondary N) is 2. The monoisotopic (exact) mass is 383 g/mol. The van der Waals surface area contributed by atoms with Gasteiger partial charge in [0.05, 0.1) is 20.3 Å². The van der Waals surface area contributed by atoms with Gasteiger partial charge in [-0.3, -0.25) is 4.99 Å². The maximum atomic E-state index is 5.57. The van der Waals surface area contributed by atoms with Gasteiger partial charge in [0.25, 0.3) is 0 Å². The van der Waals surface area contributed by atoms with Crippen LogP contribution in [0, 0.1) is 0 Å². The Labute approximate surface area is 166 Å². The summed E-state index contributed by atoms with van der Waals surface area (Å²) in [6.45, 7) is 6.88. The second kappa shape index (κ2) is 9.88. The molecule has 2 aromatic carbocycles. The molecule has 0 bridgehead atoms. The zero-order chi connectivity index (χ0) is 19.8. The second-order valence-electron chi connectivity index (χ2n) is 6.47. The van der Waals surface area contributed by atoms with Crippen LogP contribution in [0.1, 0.15) is 25.0 Å². The summed E-state index contributed by atoms with van der Waals surface area (Å²) in [5.74, 6) is 3.20. The molecule has 0 saturated heterocycles. The predicted octanol–water partition coefficient (Wildman–Crippen LogP) is 3.65. The predicted molar refractivity (Wildman–Crippen MR) is 113 cm³/mol. The maximum Gasteiger partial charge on any atom is 0.195 e. The van der Waals surface area contributed by atoms with Gasteiger partial charge in [0.1, 0.15) is 5.75 Å². The van der Waals surface area contributed by atoms with Crippen LogP contribution in [0.5, 0.6) is 17.2 Å². The highest BCUT2D eigenvalue weighted by molar-refractivity contribution is 5.93. The molecule has 0 aliphatic carbocycles. The quantitative estimate of drug-likeness (QED) is 0.538. The molecule has 0 unspecified atom stereocenters. The van der Waals surface area contributed by atoms with Crippen LogP contribution in [0.2, 0.25) is 0 Å². The van der Waals surface area contributed by atoms with Crippen molar-refractivity contribution in [3.63, 3.8) is 0 Å². The van der Waals surface area contributed by atoms with Gasteiger partial charge in [-0.1, -0.05) is 12.1 Å². The van der Waals surface area contributed by atoms with Crippen LogP contribution >= 0.6 is 0 Å². The third-order valence-corrected chi connectivity index (χ3v) is 4.49. The number of ether oxygens (including phenoxy) is 3. The van der Waals surface area contributed by atoms with Crippen molar-refractivity contribution in [1.82, 2.24) is 5.32 Å². The first kappa shape index (κ1) is 19.9. The first-order valence-electron chi connectivity index (χ1n) is 9.84. The molecule has 0 amide bonds. The number of hydrogen-bond donors (Lipinski definition) is 2. The molecule has 0 atom stereocenters. The number of aliphatic imine (C=N–C) groups is 1. The Balaban J connectivity index is 1.64. The van der Waals surface area contributed by atoms with Gasteiger partial charge in [-0.2, -0.15) is 0 Å². The first-order chi connectivity index (χ1) is 13.7. The molecule has 0 saturated carbocycles. The lowest BCUT2D eigenvalue weighted by molar-refractivity contribution is 0.311. The Morgan fingerprint density at radius 2 is 2.04 bits per heavy atom. The fourth-order valence-electron chi connectivity index (χ4n) is 3.16. The number of guanidine groups is 1. The zero-order valence-corrected chi connectivity index (χ0v) is 16.9. The summed E-state index contributed by atoms with van der Waals surface area (Å²) in [4.78, 5) is 4.70. The number of methoxy groups -OCH3 is 1. The van der Waals surface area contributed by atoms with Gasteiger partial charge in [-0.05, 0) is 49.6 Å². The lowest BCUT2D eigenvalue weighted by Crippen LogP contribution is -2.30. The SMILES string of the molecule is CCNC(=NCCc1ccc2c(c1)CCO2)Nc1ccc(OCC)c(OC)c1. The van der Waals surface area contributed by atoms with E-state index in [-0.39, 0.29) is 0 Å². The molecule has 2 N–H and O–H groups in total. The fraction of sp³-hybridized carbons (Fsp3) is 0.409. The van der Waals surface area contributed by atoms with Crippen molar-refractivity contribution in [2.75, 3.05) is 38.7 Å². The summed E-state index contributed by atoms with van der Waals surface area (Å²) in [5.41, 5.74) is 3.48. The van der Waals surface area contributed by atoms with Crippen molar-refractivity contribution in [3.8, 4) is 17.2 Å². The van der Waals surface area contributed by atoms with Gasteiger partial charge >= 0.3 is 0 Å².